The van der Waals surface area contributed by atoms with Gasteiger partial charge in [0.1, 0.15) is 35.2 Å². The molecule has 12 heteroatoms. The van der Waals surface area contributed by atoms with Crippen molar-refractivity contribution in [3.63, 3.8) is 0 Å². The second-order valence-electron chi connectivity index (χ2n) is 11.7. The number of hydrogen-bond donors (Lipinski definition) is 3. The standard InChI is InChI=1S/C27H44N4O8/c1-25(2,3)37-21(32)20(28)17-18-11-13-19(14-12-18)35-15-10-16-36-31-22(29-23(33)38-26(4,5)6)30-24(34)39-27(7,8)9/h11-14,20H,10,15-17,28H2,1-9H3,(H2,29,30,31,33,34). The molecule has 0 aliphatic rings. The molecule has 1 unspecified atom stereocenters. The van der Waals surface area contributed by atoms with E-state index in [1.807, 2.05) is 12.1 Å². The number of guanidine groups is 1. The Hall–Kier alpha value is -3.54. The summed E-state index contributed by atoms with van der Waals surface area (Å²) in [6.07, 6.45) is -0.835. The summed E-state index contributed by atoms with van der Waals surface area (Å²) in [4.78, 5) is 41.5. The molecule has 1 rings (SSSR count). The van der Waals surface area contributed by atoms with Crippen molar-refractivity contribution >= 4 is 24.1 Å². The average molecular weight is 553 g/mol. The van der Waals surface area contributed by atoms with Crippen LogP contribution in [0.3, 0.4) is 0 Å². The van der Waals surface area contributed by atoms with Gasteiger partial charge in [-0.2, -0.15) is 0 Å². The minimum absolute atomic E-state index is 0.137. The summed E-state index contributed by atoms with van der Waals surface area (Å²) >= 11 is 0. The highest BCUT2D eigenvalue weighted by Gasteiger charge is 2.23. The van der Waals surface area contributed by atoms with Crippen molar-refractivity contribution in [2.24, 2.45) is 10.9 Å². The lowest BCUT2D eigenvalue weighted by molar-refractivity contribution is -0.156. The fourth-order valence-corrected chi connectivity index (χ4v) is 2.74. The molecular formula is C27H44N4O8. The largest absolute Gasteiger partial charge is 0.493 e. The molecule has 220 valence electrons. The lowest BCUT2D eigenvalue weighted by Crippen LogP contribution is -2.47. The minimum Gasteiger partial charge on any atom is -0.493 e. The van der Waals surface area contributed by atoms with Gasteiger partial charge >= 0.3 is 18.2 Å². The van der Waals surface area contributed by atoms with Crippen LogP contribution in [0.1, 0.15) is 74.3 Å². The summed E-state index contributed by atoms with van der Waals surface area (Å²) < 4.78 is 21.4. The Morgan fingerprint density at radius 3 is 1.74 bits per heavy atom. The predicted molar refractivity (Wildman–Crippen MR) is 146 cm³/mol. The van der Waals surface area contributed by atoms with Crippen LogP contribution in [0.5, 0.6) is 5.75 Å². The summed E-state index contributed by atoms with van der Waals surface area (Å²) in [6.45, 7) is 16.1. The predicted octanol–water partition coefficient (Wildman–Crippen LogP) is 4.00. The Balaban J connectivity index is 2.54. The molecular weight excluding hydrogens is 508 g/mol. The monoisotopic (exact) mass is 552 g/mol. The lowest BCUT2D eigenvalue weighted by atomic mass is 10.1. The Bertz CT molecular complexity index is 941. The third kappa shape index (κ3) is 16.8. The number of carbonyl (C=O) groups excluding carboxylic acids is 3. The molecule has 0 fully saturated rings. The van der Waals surface area contributed by atoms with E-state index in [2.05, 4.69) is 15.8 Å². The first kappa shape index (κ1) is 33.5. The second kappa shape index (κ2) is 14.6. The highest BCUT2D eigenvalue weighted by Crippen LogP contribution is 2.15. The van der Waals surface area contributed by atoms with Crippen LogP contribution >= 0.6 is 0 Å². The molecule has 0 aliphatic heterocycles. The van der Waals surface area contributed by atoms with Gasteiger partial charge in [-0.15, -0.1) is 0 Å². The first-order valence-electron chi connectivity index (χ1n) is 12.7. The minimum atomic E-state index is -0.820. The summed E-state index contributed by atoms with van der Waals surface area (Å²) in [5.74, 6) is -0.0946. The molecule has 39 heavy (non-hydrogen) atoms. The third-order valence-corrected chi connectivity index (χ3v) is 4.13. The smallest absolute Gasteiger partial charge is 0.414 e. The Labute approximate surface area is 230 Å². The average Bonchev–Trinajstić information content (AvgIpc) is 2.73. The zero-order chi connectivity index (χ0) is 29.9. The molecule has 0 aromatic heterocycles. The Morgan fingerprint density at radius 1 is 0.795 bits per heavy atom. The normalized spacial score (nSPS) is 12.5. The number of nitrogens with two attached hydrogens (primary N) is 1. The van der Waals surface area contributed by atoms with Gasteiger partial charge in [0.2, 0.25) is 0 Å². The topological polar surface area (TPSA) is 160 Å². The lowest BCUT2D eigenvalue weighted by Gasteiger charge is -2.22. The number of oxime groups is 1. The van der Waals surface area contributed by atoms with Crippen LogP contribution in [0.25, 0.3) is 0 Å². The summed E-state index contributed by atoms with van der Waals surface area (Å²) in [5.41, 5.74) is 4.75. The zero-order valence-electron chi connectivity index (χ0n) is 24.5. The third-order valence-electron chi connectivity index (χ3n) is 4.13. The Morgan fingerprint density at radius 2 is 1.28 bits per heavy atom. The number of esters is 1. The molecule has 1 atom stereocenters. The van der Waals surface area contributed by atoms with Gasteiger partial charge in [0, 0.05) is 6.42 Å². The van der Waals surface area contributed by atoms with Gasteiger partial charge in [-0.25, -0.2) is 9.59 Å². The van der Waals surface area contributed by atoms with Crippen LogP contribution < -0.4 is 21.1 Å². The van der Waals surface area contributed by atoms with E-state index in [1.54, 1.807) is 74.4 Å². The molecule has 1 aromatic carbocycles. The second-order valence-corrected chi connectivity index (χ2v) is 11.7. The van der Waals surface area contributed by atoms with Gasteiger partial charge in [0.15, 0.2) is 0 Å². The van der Waals surface area contributed by atoms with Crippen LogP contribution in [0.4, 0.5) is 9.59 Å². The first-order valence-corrected chi connectivity index (χ1v) is 12.7. The van der Waals surface area contributed by atoms with Crippen molar-refractivity contribution in [3.05, 3.63) is 29.8 Å². The first-order chi connectivity index (χ1) is 17.8. The molecule has 12 nitrogen and oxygen atoms in total. The van der Waals surface area contributed by atoms with Crippen LogP contribution in [0.2, 0.25) is 0 Å². The molecule has 0 bridgehead atoms. The van der Waals surface area contributed by atoms with Crippen molar-refractivity contribution in [2.75, 3.05) is 13.2 Å². The SMILES string of the molecule is CC(C)(C)OC(=O)NC(=NOCCCOc1ccc(CC(N)C(=O)OC(C)(C)C)cc1)NC(=O)OC(C)(C)C. The fourth-order valence-electron chi connectivity index (χ4n) is 2.74. The number of carbonyl (C=O) groups is 3. The molecule has 2 amide bonds. The van der Waals surface area contributed by atoms with E-state index >= 15 is 0 Å². The van der Waals surface area contributed by atoms with E-state index < -0.39 is 41.0 Å². The van der Waals surface area contributed by atoms with Gasteiger partial charge in [0.05, 0.1) is 6.61 Å². The van der Waals surface area contributed by atoms with Gasteiger partial charge < -0.3 is 29.5 Å². The van der Waals surface area contributed by atoms with Crippen molar-refractivity contribution in [3.8, 4) is 5.75 Å². The summed E-state index contributed by atoms with van der Waals surface area (Å²) in [7, 11) is 0. The van der Waals surface area contributed by atoms with Crippen LogP contribution in [0, 0.1) is 0 Å². The van der Waals surface area contributed by atoms with E-state index in [9.17, 15) is 14.4 Å². The van der Waals surface area contributed by atoms with E-state index in [0.717, 1.165) is 5.56 Å². The number of rotatable bonds is 9. The number of alkyl carbamates (subject to hydrolysis) is 2. The van der Waals surface area contributed by atoms with Gasteiger partial charge in [-0.05, 0) is 91.6 Å². The van der Waals surface area contributed by atoms with Crippen molar-refractivity contribution in [1.82, 2.24) is 10.6 Å². The maximum Gasteiger partial charge on any atom is 0.414 e. The van der Waals surface area contributed by atoms with E-state index in [1.165, 1.54) is 0 Å². The van der Waals surface area contributed by atoms with E-state index in [-0.39, 0.29) is 12.6 Å². The number of amides is 2. The van der Waals surface area contributed by atoms with E-state index in [0.29, 0.717) is 25.2 Å². The molecule has 0 saturated carbocycles. The number of nitrogens with zero attached hydrogens (tertiary/aromatic N) is 1. The zero-order valence-corrected chi connectivity index (χ0v) is 24.5. The number of hydrogen-bond acceptors (Lipinski definition) is 10. The molecule has 0 spiro atoms. The molecule has 0 heterocycles. The van der Waals surface area contributed by atoms with E-state index in [4.69, 9.17) is 29.5 Å². The van der Waals surface area contributed by atoms with Crippen LogP contribution in [-0.2, 0) is 30.3 Å². The molecule has 4 N–H and O–H groups in total. The molecule has 0 radical (unpaired) electrons. The highest BCUT2D eigenvalue weighted by molar-refractivity contribution is 6.01. The fraction of sp³-hybridized carbons (Fsp3) is 0.630. The quantitative estimate of drug-likeness (QED) is 0.103. The van der Waals surface area contributed by atoms with Gasteiger partial charge in [-0.1, -0.05) is 12.1 Å². The van der Waals surface area contributed by atoms with Crippen molar-refractivity contribution < 1.29 is 38.2 Å². The van der Waals surface area contributed by atoms with Crippen molar-refractivity contribution in [2.45, 2.75) is 98.0 Å². The highest BCUT2D eigenvalue weighted by atomic mass is 16.6. The summed E-state index contributed by atoms with van der Waals surface area (Å²) in [6, 6.07) is 6.47. The number of benzene rings is 1. The number of ether oxygens (including phenoxy) is 4. The van der Waals surface area contributed by atoms with Gasteiger partial charge in [-0.3, -0.25) is 15.4 Å². The number of nitrogens with one attached hydrogen (secondary N) is 2. The van der Waals surface area contributed by atoms with Crippen LogP contribution in [-0.4, -0.2) is 60.2 Å². The Kier molecular flexibility index (Phi) is 12.5. The summed E-state index contributed by atoms with van der Waals surface area (Å²) in [5, 5.41) is 8.42. The maximum atomic E-state index is 12.1. The van der Waals surface area contributed by atoms with Gasteiger partial charge in [0.25, 0.3) is 5.96 Å². The maximum absolute atomic E-state index is 12.1. The molecule has 0 aliphatic carbocycles. The van der Waals surface area contributed by atoms with Crippen molar-refractivity contribution in [1.29, 1.82) is 0 Å². The molecule has 0 saturated heterocycles. The van der Waals surface area contributed by atoms with Crippen LogP contribution in [0.15, 0.2) is 29.4 Å². The molecule has 1 aromatic rings.